The molecule has 4 nitrogen and oxygen atoms in total. The van der Waals surface area contributed by atoms with E-state index < -0.39 is 0 Å². The van der Waals surface area contributed by atoms with Crippen LogP contribution in [0.5, 0.6) is 0 Å². The first kappa shape index (κ1) is 14.5. The van der Waals surface area contributed by atoms with Gasteiger partial charge in [0, 0.05) is 25.2 Å². The van der Waals surface area contributed by atoms with Gasteiger partial charge >= 0.3 is 0 Å². The fraction of sp³-hybridized carbons (Fsp3) is 0.923. The molecule has 2 N–H and O–H groups in total. The van der Waals surface area contributed by atoms with Gasteiger partial charge in [-0.3, -0.25) is 9.69 Å². The van der Waals surface area contributed by atoms with Gasteiger partial charge in [0.15, 0.2) is 0 Å². The van der Waals surface area contributed by atoms with E-state index >= 15 is 0 Å². The summed E-state index contributed by atoms with van der Waals surface area (Å²) in [5.41, 5.74) is 6.01. The van der Waals surface area contributed by atoms with Crippen molar-refractivity contribution in [3.05, 3.63) is 0 Å². The van der Waals surface area contributed by atoms with E-state index in [1.54, 1.807) is 0 Å². The molecule has 0 aliphatic carbocycles. The van der Waals surface area contributed by atoms with Gasteiger partial charge in [0.1, 0.15) is 0 Å². The molecule has 1 heterocycles. The topological polar surface area (TPSA) is 49.6 Å². The molecule has 0 radical (unpaired) electrons. The fourth-order valence-corrected chi connectivity index (χ4v) is 2.27. The largest absolute Gasteiger partial charge is 0.338 e. The number of nitrogens with two attached hydrogens (primary N) is 1. The lowest BCUT2D eigenvalue weighted by molar-refractivity contribution is -0.137. The minimum absolute atomic E-state index is 0.0471. The van der Waals surface area contributed by atoms with Crippen LogP contribution in [0.3, 0.4) is 0 Å². The number of likely N-dealkylation sites (N-methyl/N-ethyl adjacent to an activating group) is 1. The third kappa shape index (κ3) is 3.68. The summed E-state index contributed by atoms with van der Waals surface area (Å²) in [4.78, 5) is 16.4. The molecule has 1 unspecified atom stereocenters. The van der Waals surface area contributed by atoms with Gasteiger partial charge in [-0.25, -0.2) is 0 Å². The minimum Gasteiger partial charge on any atom is -0.338 e. The molecule has 1 amide bonds. The molecule has 1 aliphatic rings. The van der Waals surface area contributed by atoms with Gasteiger partial charge in [-0.2, -0.15) is 0 Å². The zero-order chi connectivity index (χ0) is 13.2. The van der Waals surface area contributed by atoms with Crippen LogP contribution in [0.25, 0.3) is 0 Å². The van der Waals surface area contributed by atoms with Crippen LogP contribution >= 0.6 is 0 Å². The van der Waals surface area contributed by atoms with Crippen LogP contribution in [-0.4, -0.2) is 54.0 Å². The van der Waals surface area contributed by atoms with E-state index in [0.29, 0.717) is 5.92 Å². The Balaban J connectivity index is 2.59. The Morgan fingerprint density at radius 1 is 1.35 bits per heavy atom. The molecule has 17 heavy (non-hydrogen) atoms. The number of amides is 1. The molecule has 1 rings (SSSR count). The van der Waals surface area contributed by atoms with Crippen LogP contribution in [0.15, 0.2) is 0 Å². The summed E-state index contributed by atoms with van der Waals surface area (Å²) >= 11 is 0. The maximum absolute atomic E-state index is 12.2. The minimum atomic E-state index is -0.339. The highest BCUT2D eigenvalue weighted by Gasteiger charge is 2.34. The van der Waals surface area contributed by atoms with Gasteiger partial charge in [0.05, 0.1) is 6.04 Å². The third-order valence-electron chi connectivity index (χ3n) is 3.67. The SMILES string of the molecule is CC(C)CC(N)C(=O)N1CCN(C)C(C)(C)C1. The standard InChI is InChI=1S/C13H27N3O/c1-10(2)8-11(14)12(17)16-7-6-15(5)13(3,4)9-16/h10-11H,6-9,14H2,1-5H3. The van der Waals surface area contributed by atoms with E-state index in [2.05, 4.69) is 39.6 Å². The summed E-state index contributed by atoms with van der Waals surface area (Å²) in [7, 11) is 2.11. The Morgan fingerprint density at radius 3 is 2.41 bits per heavy atom. The van der Waals surface area contributed by atoms with E-state index in [1.165, 1.54) is 0 Å². The number of carbonyl (C=O) groups is 1. The molecule has 0 aromatic heterocycles. The molecule has 0 saturated carbocycles. The Hall–Kier alpha value is -0.610. The van der Waals surface area contributed by atoms with E-state index in [9.17, 15) is 4.79 Å². The van der Waals surface area contributed by atoms with Crippen molar-refractivity contribution in [2.45, 2.75) is 45.7 Å². The summed E-state index contributed by atoms with van der Waals surface area (Å²) in [5.74, 6) is 0.578. The van der Waals surface area contributed by atoms with Crippen LogP contribution in [0.4, 0.5) is 0 Å². The highest BCUT2D eigenvalue weighted by Crippen LogP contribution is 2.19. The van der Waals surface area contributed by atoms with Crippen molar-refractivity contribution in [3.63, 3.8) is 0 Å². The second kappa shape index (κ2) is 5.36. The first-order chi connectivity index (χ1) is 7.74. The predicted molar refractivity (Wildman–Crippen MR) is 70.7 cm³/mol. The number of carbonyl (C=O) groups excluding carboxylic acids is 1. The van der Waals surface area contributed by atoms with Gasteiger partial charge in [0.2, 0.25) is 5.91 Å². The molecule has 4 heteroatoms. The molecule has 0 aromatic carbocycles. The highest BCUT2D eigenvalue weighted by atomic mass is 16.2. The molecule has 0 bridgehead atoms. The van der Waals surface area contributed by atoms with Crippen LogP contribution in [0.2, 0.25) is 0 Å². The number of rotatable bonds is 3. The Kier molecular flexibility index (Phi) is 4.55. The van der Waals surface area contributed by atoms with Crippen LogP contribution in [0, 0.1) is 5.92 Å². The lowest BCUT2D eigenvalue weighted by Gasteiger charge is -2.45. The maximum atomic E-state index is 12.2. The summed E-state index contributed by atoms with van der Waals surface area (Å²) in [5, 5.41) is 0. The van der Waals surface area contributed by atoms with Crippen molar-refractivity contribution >= 4 is 5.91 Å². The zero-order valence-electron chi connectivity index (χ0n) is 11.9. The van der Waals surface area contributed by atoms with Crippen LogP contribution < -0.4 is 5.73 Å². The zero-order valence-corrected chi connectivity index (χ0v) is 11.9. The number of piperazine rings is 1. The van der Waals surface area contributed by atoms with Crippen molar-refractivity contribution in [2.75, 3.05) is 26.7 Å². The van der Waals surface area contributed by atoms with Crippen molar-refractivity contribution in [1.82, 2.24) is 9.80 Å². The second-order valence-electron chi connectivity index (χ2n) is 6.23. The summed E-state index contributed by atoms with van der Waals surface area (Å²) in [6.07, 6.45) is 0.769. The number of hydrogen-bond donors (Lipinski definition) is 1. The molecular formula is C13H27N3O. The number of nitrogens with zero attached hydrogens (tertiary/aromatic N) is 2. The van der Waals surface area contributed by atoms with Crippen molar-refractivity contribution < 1.29 is 4.79 Å². The van der Waals surface area contributed by atoms with Gasteiger partial charge < -0.3 is 10.6 Å². The maximum Gasteiger partial charge on any atom is 0.239 e. The van der Waals surface area contributed by atoms with Gasteiger partial charge in [-0.1, -0.05) is 13.8 Å². The van der Waals surface area contributed by atoms with E-state index in [0.717, 1.165) is 26.1 Å². The van der Waals surface area contributed by atoms with E-state index in [1.807, 2.05) is 4.90 Å². The normalized spacial score (nSPS) is 22.9. The van der Waals surface area contributed by atoms with Crippen LogP contribution in [0.1, 0.15) is 34.1 Å². The van der Waals surface area contributed by atoms with Crippen molar-refractivity contribution in [1.29, 1.82) is 0 Å². The lowest BCUT2D eigenvalue weighted by Crippen LogP contribution is -2.61. The molecule has 100 valence electrons. The first-order valence-electron chi connectivity index (χ1n) is 6.49. The molecular weight excluding hydrogens is 214 g/mol. The molecule has 1 atom stereocenters. The van der Waals surface area contributed by atoms with Crippen molar-refractivity contribution in [3.8, 4) is 0 Å². The second-order valence-corrected chi connectivity index (χ2v) is 6.23. The first-order valence-corrected chi connectivity index (χ1v) is 6.49. The average molecular weight is 241 g/mol. The molecule has 1 aliphatic heterocycles. The Bertz CT molecular complexity index is 276. The average Bonchev–Trinajstić information content (AvgIpc) is 2.20. The van der Waals surface area contributed by atoms with Gasteiger partial charge in [0.25, 0.3) is 0 Å². The summed E-state index contributed by atoms with van der Waals surface area (Å²) in [6.45, 7) is 11.0. The van der Waals surface area contributed by atoms with Gasteiger partial charge in [-0.15, -0.1) is 0 Å². The highest BCUT2D eigenvalue weighted by molar-refractivity contribution is 5.81. The smallest absolute Gasteiger partial charge is 0.239 e. The third-order valence-corrected chi connectivity index (χ3v) is 3.67. The molecule has 1 fully saturated rings. The van der Waals surface area contributed by atoms with Crippen molar-refractivity contribution in [2.24, 2.45) is 11.7 Å². The molecule has 1 saturated heterocycles. The lowest BCUT2D eigenvalue weighted by atomic mass is 9.97. The predicted octanol–water partition coefficient (Wildman–Crippen LogP) is 0.912. The Morgan fingerprint density at radius 2 is 1.94 bits per heavy atom. The van der Waals surface area contributed by atoms with E-state index in [4.69, 9.17) is 5.73 Å². The summed E-state index contributed by atoms with van der Waals surface area (Å²) < 4.78 is 0. The van der Waals surface area contributed by atoms with Crippen LogP contribution in [-0.2, 0) is 4.79 Å². The monoisotopic (exact) mass is 241 g/mol. The summed E-state index contributed by atoms with van der Waals surface area (Å²) in [6, 6.07) is -0.339. The van der Waals surface area contributed by atoms with Gasteiger partial charge in [-0.05, 0) is 33.2 Å². The quantitative estimate of drug-likeness (QED) is 0.799. The Labute approximate surface area is 105 Å². The molecule has 0 aromatic rings. The van der Waals surface area contributed by atoms with E-state index in [-0.39, 0.29) is 17.5 Å². The number of hydrogen-bond acceptors (Lipinski definition) is 3. The molecule has 0 spiro atoms. The fourth-order valence-electron chi connectivity index (χ4n) is 2.27.